The topological polar surface area (TPSA) is 52.3 Å². The molecular formula is C19H16FNO3S. The van der Waals surface area contributed by atoms with Gasteiger partial charge in [-0.1, -0.05) is 30.3 Å². The number of hydrogen-bond donors (Lipinski definition) is 0. The molecule has 0 bridgehead atoms. The van der Waals surface area contributed by atoms with Gasteiger partial charge < -0.3 is 9.15 Å². The Labute approximate surface area is 149 Å². The number of hydrogen-bond acceptors (Lipinski definition) is 5. The number of oxazole rings is 1. The molecule has 3 aromatic rings. The van der Waals surface area contributed by atoms with E-state index in [9.17, 15) is 9.18 Å². The van der Waals surface area contributed by atoms with Crippen LogP contribution in [-0.4, -0.2) is 23.3 Å². The Morgan fingerprint density at radius 3 is 2.64 bits per heavy atom. The third-order valence-electron chi connectivity index (χ3n) is 3.42. The van der Waals surface area contributed by atoms with Gasteiger partial charge in [0.15, 0.2) is 5.69 Å². The van der Waals surface area contributed by atoms with Gasteiger partial charge in [0.25, 0.3) is 0 Å². The first-order valence-corrected chi connectivity index (χ1v) is 8.71. The summed E-state index contributed by atoms with van der Waals surface area (Å²) >= 11 is 1.29. The summed E-state index contributed by atoms with van der Waals surface area (Å²) in [6, 6.07) is 15.8. The number of carbonyl (C=O) groups is 1. The summed E-state index contributed by atoms with van der Waals surface area (Å²) in [5.41, 5.74) is 0.953. The van der Waals surface area contributed by atoms with Crippen LogP contribution < -0.4 is 0 Å². The van der Waals surface area contributed by atoms with Crippen molar-refractivity contribution in [2.24, 2.45) is 0 Å². The maximum Gasteiger partial charge on any atom is 0.360 e. The van der Waals surface area contributed by atoms with E-state index in [1.165, 1.54) is 17.8 Å². The summed E-state index contributed by atoms with van der Waals surface area (Å²) in [4.78, 5) is 16.9. The van der Waals surface area contributed by atoms with Gasteiger partial charge in [-0.15, -0.1) is 11.8 Å². The van der Waals surface area contributed by atoms with Crippen molar-refractivity contribution in [3.63, 3.8) is 0 Å². The minimum Gasteiger partial charge on any atom is -0.460 e. The smallest absolute Gasteiger partial charge is 0.360 e. The number of benzene rings is 2. The minimum atomic E-state index is -0.544. The lowest BCUT2D eigenvalue weighted by Gasteiger charge is -2.04. The van der Waals surface area contributed by atoms with Crippen LogP contribution in [0.2, 0.25) is 0 Å². The summed E-state index contributed by atoms with van der Waals surface area (Å²) in [7, 11) is 0. The molecule has 2 aromatic carbocycles. The Hall–Kier alpha value is -2.60. The van der Waals surface area contributed by atoms with Gasteiger partial charge in [-0.3, -0.25) is 0 Å². The molecule has 6 heteroatoms. The molecule has 1 aromatic heterocycles. The maximum atomic E-state index is 13.5. The van der Waals surface area contributed by atoms with Crippen LogP contribution in [-0.2, 0) is 4.74 Å². The predicted octanol–water partition coefficient (Wildman–Crippen LogP) is 4.74. The zero-order valence-electron chi connectivity index (χ0n) is 13.6. The number of carbonyl (C=O) groups excluding carboxylic acids is 1. The van der Waals surface area contributed by atoms with Gasteiger partial charge in [0.1, 0.15) is 18.2 Å². The minimum absolute atomic E-state index is 0.158. The van der Waals surface area contributed by atoms with E-state index in [2.05, 4.69) is 4.98 Å². The first kappa shape index (κ1) is 17.2. The third-order valence-corrected chi connectivity index (χ3v) is 4.43. The average molecular weight is 357 g/mol. The second kappa shape index (κ2) is 7.98. The van der Waals surface area contributed by atoms with Gasteiger partial charge >= 0.3 is 5.97 Å². The first-order valence-electron chi connectivity index (χ1n) is 7.72. The van der Waals surface area contributed by atoms with Crippen molar-refractivity contribution in [3.05, 3.63) is 71.9 Å². The van der Waals surface area contributed by atoms with Crippen LogP contribution in [0.25, 0.3) is 11.5 Å². The number of nitrogens with zero attached hydrogens (tertiary/aromatic N) is 1. The lowest BCUT2D eigenvalue weighted by Crippen LogP contribution is -2.09. The van der Waals surface area contributed by atoms with Crippen molar-refractivity contribution in [1.82, 2.24) is 4.98 Å². The number of aryl methyl sites for hydroxylation is 1. The summed E-state index contributed by atoms with van der Waals surface area (Å²) in [5.74, 6) is 0.419. The second-order valence-corrected chi connectivity index (χ2v) is 6.34. The molecule has 0 unspecified atom stereocenters. The molecule has 4 nitrogen and oxygen atoms in total. The number of esters is 1. The fourth-order valence-electron chi connectivity index (χ4n) is 2.21. The highest BCUT2D eigenvalue weighted by atomic mass is 32.2. The second-order valence-electron chi connectivity index (χ2n) is 5.20. The monoisotopic (exact) mass is 357 g/mol. The molecule has 1 heterocycles. The Balaban J connectivity index is 1.57. The molecule has 0 saturated carbocycles. The summed E-state index contributed by atoms with van der Waals surface area (Å²) in [6.45, 7) is 1.83. The number of halogens is 1. The molecule has 128 valence electrons. The van der Waals surface area contributed by atoms with Gasteiger partial charge in [0, 0.05) is 16.2 Å². The van der Waals surface area contributed by atoms with Crippen molar-refractivity contribution in [2.45, 2.75) is 11.8 Å². The molecule has 0 aliphatic heterocycles. The average Bonchev–Trinajstić information content (AvgIpc) is 3.02. The van der Waals surface area contributed by atoms with Crippen LogP contribution in [0.3, 0.4) is 0 Å². The molecular weight excluding hydrogens is 341 g/mol. The van der Waals surface area contributed by atoms with Crippen LogP contribution in [0.4, 0.5) is 4.39 Å². The SMILES string of the molecule is Cc1oc(-c2ccccc2)nc1C(=O)OCCSc1ccccc1F. The lowest BCUT2D eigenvalue weighted by molar-refractivity contribution is 0.0522. The van der Waals surface area contributed by atoms with Crippen molar-refractivity contribution >= 4 is 17.7 Å². The van der Waals surface area contributed by atoms with Crippen molar-refractivity contribution in [2.75, 3.05) is 12.4 Å². The van der Waals surface area contributed by atoms with Gasteiger partial charge in [0.05, 0.1) is 0 Å². The zero-order valence-corrected chi connectivity index (χ0v) is 14.4. The fourth-order valence-corrected chi connectivity index (χ4v) is 2.97. The predicted molar refractivity (Wildman–Crippen MR) is 94.1 cm³/mol. The number of rotatable bonds is 6. The molecule has 0 aliphatic rings. The molecule has 0 atom stereocenters. The van der Waals surface area contributed by atoms with E-state index < -0.39 is 5.97 Å². The van der Waals surface area contributed by atoms with Crippen LogP contribution in [0, 0.1) is 12.7 Å². The standard InChI is InChI=1S/C19H16FNO3S/c1-13-17(21-18(24-13)14-7-3-2-4-8-14)19(22)23-11-12-25-16-10-6-5-9-15(16)20/h2-10H,11-12H2,1H3. The highest BCUT2D eigenvalue weighted by Crippen LogP contribution is 2.23. The summed E-state index contributed by atoms with van der Waals surface area (Å²) in [5, 5.41) is 0. The Morgan fingerprint density at radius 2 is 1.88 bits per heavy atom. The number of ether oxygens (including phenoxy) is 1. The molecule has 0 saturated heterocycles. The van der Waals surface area contributed by atoms with Crippen molar-refractivity contribution < 1.29 is 18.3 Å². The molecule has 0 N–H and O–H groups in total. The lowest BCUT2D eigenvalue weighted by atomic mass is 10.2. The molecule has 0 spiro atoms. The highest BCUT2D eigenvalue weighted by molar-refractivity contribution is 7.99. The molecule has 0 aliphatic carbocycles. The van der Waals surface area contributed by atoms with Gasteiger partial charge in [0.2, 0.25) is 5.89 Å². The molecule has 0 fully saturated rings. The van der Waals surface area contributed by atoms with E-state index in [1.54, 1.807) is 25.1 Å². The zero-order chi connectivity index (χ0) is 17.6. The van der Waals surface area contributed by atoms with E-state index in [1.807, 2.05) is 30.3 Å². The Morgan fingerprint density at radius 1 is 1.16 bits per heavy atom. The van der Waals surface area contributed by atoms with Crippen LogP contribution >= 0.6 is 11.8 Å². The van der Waals surface area contributed by atoms with Gasteiger partial charge in [-0.05, 0) is 31.2 Å². The fraction of sp³-hybridized carbons (Fsp3) is 0.158. The number of aromatic nitrogens is 1. The highest BCUT2D eigenvalue weighted by Gasteiger charge is 2.19. The Bertz CT molecular complexity index is 864. The van der Waals surface area contributed by atoms with Gasteiger partial charge in [-0.25, -0.2) is 14.2 Å². The summed E-state index contributed by atoms with van der Waals surface area (Å²) in [6.07, 6.45) is 0. The first-order chi connectivity index (χ1) is 12.1. The van der Waals surface area contributed by atoms with Crippen molar-refractivity contribution in [1.29, 1.82) is 0 Å². The quantitative estimate of drug-likeness (QED) is 0.362. The van der Waals surface area contributed by atoms with Crippen LogP contribution in [0.1, 0.15) is 16.2 Å². The maximum absolute atomic E-state index is 13.5. The van der Waals surface area contributed by atoms with E-state index in [4.69, 9.17) is 9.15 Å². The molecule has 3 rings (SSSR count). The largest absolute Gasteiger partial charge is 0.460 e. The van der Waals surface area contributed by atoms with Gasteiger partial charge in [-0.2, -0.15) is 0 Å². The normalized spacial score (nSPS) is 10.6. The van der Waals surface area contributed by atoms with E-state index >= 15 is 0 Å². The van der Waals surface area contributed by atoms with Crippen molar-refractivity contribution in [3.8, 4) is 11.5 Å². The molecule has 25 heavy (non-hydrogen) atoms. The van der Waals surface area contributed by atoms with E-state index in [0.717, 1.165) is 5.56 Å². The third kappa shape index (κ3) is 4.28. The van der Waals surface area contributed by atoms with Crippen LogP contribution in [0.5, 0.6) is 0 Å². The van der Waals surface area contributed by atoms with Crippen LogP contribution in [0.15, 0.2) is 63.9 Å². The summed E-state index contributed by atoms with van der Waals surface area (Å²) < 4.78 is 24.3. The molecule has 0 radical (unpaired) electrons. The molecule has 0 amide bonds. The Kier molecular flexibility index (Phi) is 5.50. The van der Waals surface area contributed by atoms with E-state index in [0.29, 0.717) is 22.3 Å². The van der Waals surface area contributed by atoms with E-state index in [-0.39, 0.29) is 18.1 Å². The number of thioether (sulfide) groups is 1.